The summed E-state index contributed by atoms with van der Waals surface area (Å²) in [6.45, 7) is 2.95. The highest BCUT2D eigenvalue weighted by molar-refractivity contribution is 5.87. The molecule has 0 amide bonds. The van der Waals surface area contributed by atoms with Gasteiger partial charge in [-0.25, -0.2) is 4.79 Å². The maximum atomic E-state index is 11.1. The number of benzene rings is 1. The van der Waals surface area contributed by atoms with Gasteiger partial charge >= 0.3 is 5.97 Å². The number of carbonyl (C=O) groups is 1. The number of ether oxygens (including phenoxy) is 1. The standard InChI is InChI=1S/C14H16N2O2/c1-11(14(17)18-2)6-7-16-10-13-5-3-4-12(8-13)9-15/h3-6,8,16H,7,10H2,1-2H3/b11-6+. The molecule has 0 aromatic heterocycles. The van der Waals surface area contributed by atoms with Crippen LogP contribution in [0.2, 0.25) is 0 Å². The van der Waals surface area contributed by atoms with E-state index in [2.05, 4.69) is 16.1 Å². The average molecular weight is 244 g/mol. The number of nitrogens with one attached hydrogen (secondary N) is 1. The maximum absolute atomic E-state index is 11.1. The molecule has 0 saturated carbocycles. The van der Waals surface area contributed by atoms with E-state index < -0.39 is 0 Å². The first-order chi connectivity index (χ1) is 8.67. The average Bonchev–Trinajstić information content (AvgIpc) is 2.42. The van der Waals surface area contributed by atoms with Gasteiger partial charge in [-0.15, -0.1) is 0 Å². The molecule has 0 aliphatic rings. The van der Waals surface area contributed by atoms with Crippen LogP contribution >= 0.6 is 0 Å². The van der Waals surface area contributed by atoms with Crippen LogP contribution in [0.1, 0.15) is 18.1 Å². The molecule has 0 spiro atoms. The Labute approximate surface area is 107 Å². The van der Waals surface area contributed by atoms with Crippen molar-refractivity contribution in [1.29, 1.82) is 5.26 Å². The maximum Gasteiger partial charge on any atom is 0.333 e. The zero-order valence-corrected chi connectivity index (χ0v) is 10.6. The minimum atomic E-state index is -0.316. The molecule has 0 radical (unpaired) electrons. The van der Waals surface area contributed by atoms with Gasteiger partial charge in [-0.1, -0.05) is 18.2 Å². The number of methoxy groups -OCH3 is 1. The van der Waals surface area contributed by atoms with Crippen LogP contribution in [-0.2, 0) is 16.1 Å². The molecule has 18 heavy (non-hydrogen) atoms. The normalized spacial score (nSPS) is 10.8. The highest BCUT2D eigenvalue weighted by Gasteiger charge is 2.01. The molecule has 0 bridgehead atoms. The van der Waals surface area contributed by atoms with Crippen molar-refractivity contribution in [3.63, 3.8) is 0 Å². The molecular weight excluding hydrogens is 228 g/mol. The molecule has 0 aliphatic heterocycles. The number of carbonyl (C=O) groups excluding carboxylic acids is 1. The van der Waals surface area contributed by atoms with Crippen LogP contribution < -0.4 is 5.32 Å². The van der Waals surface area contributed by atoms with Gasteiger partial charge in [-0.2, -0.15) is 5.26 Å². The minimum absolute atomic E-state index is 0.316. The zero-order valence-electron chi connectivity index (χ0n) is 10.6. The van der Waals surface area contributed by atoms with E-state index in [1.807, 2.05) is 18.2 Å². The second kappa shape index (κ2) is 7.25. The lowest BCUT2D eigenvalue weighted by Crippen LogP contribution is -2.14. The molecular formula is C14H16N2O2. The Balaban J connectivity index is 2.43. The highest BCUT2D eigenvalue weighted by Crippen LogP contribution is 2.03. The third-order valence-electron chi connectivity index (χ3n) is 2.45. The molecule has 4 nitrogen and oxygen atoms in total. The van der Waals surface area contributed by atoms with Gasteiger partial charge in [0.15, 0.2) is 0 Å². The zero-order chi connectivity index (χ0) is 13.4. The topological polar surface area (TPSA) is 62.1 Å². The van der Waals surface area contributed by atoms with Gasteiger partial charge in [0, 0.05) is 18.7 Å². The van der Waals surface area contributed by atoms with Gasteiger partial charge in [0.1, 0.15) is 0 Å². The van der Waals surface area contributed by atoms with Gasteiger partial charge in [-0.3, -0.25) is 0 Å². The molecule has 94 valence electrons. The van der Waals surface area contributed by atoms with E-state index in [9.17, 15) is 4.79 Å². The van der Waals surface area contributed by atoms with Gasteiger partial charge < -0.3 is 10.1 Å². The van der Waals surface area contributed by atoms with Crippen LogP contribution in [0.4, 0.5) is 0 Å². The summed E-state index contributed by atoms with van der Waals surface area (Å²) in [4.78, 5) is 11.1. The van der Waals surface area contributed by atoms with E-state index in [1.54, 1.807) is 19.1 Å². The second-order valence-corrected chi connectivity index (χ2v) is 3.82. The van der Waals surface area contributed by atoms with Crippen molar-refractivity contribution in [2.24, 2.45) is 0 Å². The molecule has 4 heteroatoms. The summed E-state index contributed by atoms with van der Waals surface area (Å²) >= 11 is 0. The van der Waals surface area contributed by atoms with Crippen molar-refractivity contribution in [2.45, 2.75) is 13.5 Å². The van der Waals surface area contributed by atoms with Gasteiger partial charge in [0.2, 0.25) is 0 Å². The summed E-state index contributed by atoms with van der Waals surface area (Å²) in [6.07, 6.45) is 1.78. The molecule has 1 rings (SSSR count). The first-order valence-corrected chi connectivity index (χ1v) is 5.62. The van der Waals surface area contributed by atoms with E-state index in [1.165, 1.54) is 7.11 Å². The molecule has 1 aromatic rings. The lowest BCUT2D eigenvalue weighted by molar-refractivity contribution is -0.136. The summed E-state index contributed by atoms with van der Waals surface area (Å²) in [5.41, 5.74) is 2.27. The predicted octanol–water partition coefficient (Wildman–Crippen LogP) is 1.77. The van der Waals surface area contributed by atoms with Crippen molar-refractivity contribution in [2.75, 3.05) is 13.7 Å². The largest absolute Gasteiger partial charge is 0.466 e. The van der Waals surface area contributed by atoms with Crippen molar-refractivity contribution in [1.82, 2.24) is 5.32 Å². The Morgan fingerprint density at radius 3 is 3.00 bits per heavy atom. The van der Waals surface area contributed by atoms with Crippen molar-refractivity contribution in [3.05, 3.63) is 47.0 Å². The van der Waals surface area contributed by atoms with Crippen LogP contribution in [0.5, 0.6) is 0 Å². The van der Waals surface area contributed by atoms with E-state index >= 15 is 0 Å². The van der Waals surface area contributed by atoms with Crippen LogP contribution in [0.15, 0.2) is 35.9 Å². The number of nitrogens with zero attached hydrogens (tertiary/aromatic N) is 1. The second-order valence-electron chi connectivity index (χ2n) is 3.82. The lowest BCUT2D eigenvalue weighted by atomic mass is 10.1. The quantitative estimate of drug-likeness (QED) is 0.487. The van der Waals surface area contributed by atoms with Crippen LogP contribution in [-0.4, -0.2) is 19.6 Å². The molecule has 0 unspecified atom stereocenters. The van der Waals surface area contributed by atoms with E-state index in [0.717, 1.165) is 5.56 Å². The SMILES string of the molecule is COC(=O)/C(C)=C/CNCc1cccc(C#N)c1. The number of hydrogen-bond acceptors (Lipinski definition) is 4. The Bertz CT molecular complexity index is 487. The summed E-state index contributed by atoms with van der Waals surface area (Å²) < 4.78 is 4.59. The third-order valence-corrected chi connectivity index (χ3v) is 2.45. The van der Waals surface area contributed by atoms with Gasteiger partial charge in [-0.05, 0) is 24.6 Å². The minimum Gasteiger partial charge on any atom is -0.466 e. The molecule has 0 heterocycles. The fourth-order valence-corrected chi connectivity index (χ4v) is 1.44. The smallest absolute Gasteiger partial charge is 0.333 e. The third kappa shape index (κ3) is 4.40. The summed E-state index contributed by atoms with van der Waals surface area (Å²) in [7, 11) is 1.36. The van der Waals surface area contributed by atoms with E-state index in [0.29, 0.717) is 24.2 Å². The van der Waals surface area contributed by atoms with Crippen molar-refractivity contribution >= 4 is 5.97 Å². The molecule has 1 aromatic carbocycles. The first-order valence-electron chi connectivity index (χ1n) is 5.62. The fourth-order valence-electron chi connectivity index (χ4n) is 1.44. The lowest BCUT2D eigenvalue weighted by Gasteiger charge is -2.03. The fraction of sp³-hybridized carbons (Fsp3) is 0.286. The Hall–Kier alpha value is -2.12. The molecule has 1 N–H and O–H groups in total. The summed E-state index contributed by atoms with van der Waals surface area (Å²) in [6, 6.07) is 9.50. The highest BCUT2D eigenvalue weighted by atomic mass is 16.5. The molecule has 0 aliphatic carbocycles. The Morgan fingerprint density at radius 2 is 2.33 bits per heavy atom. The van der Waals surface area contributed by atoms with Crippen molar-refractivity contribution < 1.29 is 9.53 Å². The molecule has 0 saturated heterocycles. The van der Waals surface area contributed by atoms with E-state index in [-0.39, 0.29) is 5.97 Å². The first kappa shape index (κ1) is 13.9. The van der Waals surface area contributed by atoms with Gasteiger partial charge in [0.05, 0.1) is 18.7 Å². The monoisotopic (exact) mass is 244 g/mol. The van der Waals surface area contributed by atoms with Crippen molar-refractivity contribution in [3.8, 4) is 6.07 Å². The predicted molar refractivity (Wildman–Crippen MR) is 68.6 cm³/mol. The number of esters is 1. The van der Waals surface area contributed by atoms with Crippen LogP contribution in [0.3, 0.4) is 0 Å². The van der Waals surface area contributed by atoms with Crippen LogP contribution in [0.25, 0.3) is 0 Å². The Kier molecular flexibility index (Phi) is 5.62. The molecule has 0 atom stereocenters. The molecule has 0 fully saturated rings. The summed E-state index contributed by atoms with van der Waals surface area (Å²) in [5, 5.41) is 11.9. The number of hydrogen-bond donors (Lipinski definition) is 1. The number of nitriles is 1. The number of rotatable bonds is 5. The Morgan fingerprint density at radius 1 is 1.56 bits per heavy atom. The van der Waals surface area contributed by atoms with Gasteiger partial charge in [0.25, 0.3) is 0 Å². The van der Waals surface area contributed by atoms with Crippen LogP contribution in [0, 0.1) is 11.3 Å². The summed E-state index contributed by atoms with van der Waals surface area (Å²) in [5.74, 6) is -0.316. The van der Waals surface area contributed by atoms with E-state index in [4.69, 9.17) is 5.26 Å².